The van der Waals surface area contributed by atoms with Crippen molar-refractivity contribution in [3.05, 3.63) is 29.0 Å². The second-order valence-electron chi connectivity index (χ2n) is 5.38. The molecule has 0 amide bonds. The van der Waals surface area contributed by atoms with Gasteiger partial charge in [0.1, 0.15) is 5.82 Å². The summed E-state index contributed by atoms with van der Waals surface area (Å²) < 4.78 is 2.25. The number of nitrogens with zero attached hydrogens (tertiary/aromatic N) is 2. The van der Waals surface area contributed by atoms with E-state index in [4.69, 9.17) is 22.3 Å². The molecule has 4 heteroatoms. The van der Waals surface area contributed by atoms with Crippen LogP contribution >= 0.6 is 11.6 Å². The van der Waals surface area contributed by atoms with Gasteiger partial charge in [0, 0.05) is 23.5 Å². The molecule has 104 valence electrons. The zero-order valence-corrected chi connectivity index (χ0v) is 12.6. The number of hydrogen-bond acceptors (Lipinski definition) is 2. The van der Waals surface area contributed by atoms with Gasteiger partial charge in [0.05, 0.1) is 11.0 Å². The van der Waals surface area contributed by atoms with E-state index in [-0.39, 0.29) is 6.04 Å². The van der Waals surface area contributed by atoms with Crippen LogP contribution in [0.3, 0.4) is 0 Å². The van der Waals surface area contributed by atoms with Gasteiger partial charge in [-0.1, -0.05) is 24.9 Å². The topological polar surface area (TPSA) is 43.8 Å². The Morgan fingerprint density at radius 1 is 1.37 bits per heavy atom. The van der Waals surface area contributed by atoms with Crippen molar-refractivity contribution in [2.75, 3.05) is 0 Å². The molecule has 0 aliphatic heterocycles. The van der Waals surface area contributed by atoms with Crippen LogP contribution < -0.4 is 5.73 Å². The van der Waals surface area contributed by atoms with Crippen LogP contribution in [-0.2, 0) is 6.42 Å². The molecule has 19 heavy (non-hydrogen) atoms. The van der Waals surface area contributed by atoms with Gasteiger partial charge in [-0.2, -0.15) is 0 Å². The number of hydrogen-bond donors (Lipinski definition) is 1. The first-order chi connectivity index (χ1) is 9.02. The van der Waals surface area contributed by atoms with E-state index in [0.29, 0.717) is 6.04 Å². The summed E-state index contributed by atoms with van der Waals surface area (Å²) in [6, 6.07) is 6.38. The van der Waals surface area contributed by atoms with Crippen LogP contribution in [-0.4, -0.2) is 15.6 Å². The summed E-state index contributed by atoms with van der Waals surface area (Å²) in [6.45, 7) is 6.48. The van der Waals surface area contributed by atoms with Crippen molar-refractivity contribution in [3.8, 4) is 0 Å². The molecular weight excluding hydrogens is 258 g/mol. The van der Waals surface area contributed by atoms with Crippen molar-refractivity contribution in [2.45, 2.75) is 52.1 Å². The van der Waals surface area contributed by atoms with Gasteiger partial charge >= 0.3 is 0 Å². The van der Waals surface area contributed by atoms with Gasteiger partial charge in [-0.25, -0.2) is 4.98 Å². The molecule has 2 rings (SSSR count). The van der Waals surface area contributed by atoms with Gasteiger partial charge in [0.25, 0.3) is 0 Å². The lowest BCUT2D eigenvalue weighted by atomic mass is 10.1. The van der Waals surface area contributed by atoms with Crippen molar-refractivity contribution in [1.29, 1.82) is 0 Å². The maximum Gasteiger partial charge on any atom is 0.111 e. The maximum atomic E-state index is 6.16. The van der Waals surface area contributed by atoms with E-state index in [1.807, 2.05) is 18.2 Å². The summed E-state index contributed by atoms with van der Waals surface area (Å²) in [5.41, 5.74) is 8.25. The highest BCUT2D eigenvalue weighted by molar-refractivity contribution is 6.31. The van der Waals surface area contributed by atoms with Crippen LogP contribution in [0.5, 0.6) is 0 Å². The zero-order chi connectivity index (χ0) is 14.0. The number of aromatic nitrogens is 2. The van der Waals surface area contributed by atoms with E-state index in [9.17, 15) is 0 Å². The van der Waals surface area contributed by atoms with Gasteiger partial charge in [-0.3, -0.25) is 0 Å². The normalized spacial score (nSPS) is 13.4. The molecule has 0 aliphatic carbocycles. The minimum atomic E-state index is 0.176. The second kappa shape index (κ2) is 5.93. The highest BCUT2D eigenvalue weighted by Crippen LogP contribution is 2.25. The molecular formula is C15H22ClN3. The predicted molar refractivity (Wildman–Crippen MR) is 81.7 cm³/mol. The summed E-state index contributed by atoms with van der Waals surface area (Å²) in [4.78, 5) is 4.72. The van der Waals surface area contributed by atoms with Gasteiger partial charge in [-0.15, -0.1) is 0 Å². The summed E-state index contributed by atoms with van der Waals surface area (Å²) in [7, 11) is 0. The molecule has 2 aromatic rings. The summed E-state index contributed by atoms with van der Waals surface area (Å²) in [5, 5.41) is 0.749. The van der Waals surface area contributed by atoms with Gasteiger partial charge in [0.15, 0.2) is 0 Å². The van der Waals surface area contributed by atoms with Crippen LogP contribution in [0.25, 0.3) is 11.0 Å². The smallest absolute Gasteiger partial charge is 0.111 e. The Bertz CT molecular complexity index is 560. The van der Waals surface area contributed by atoms with Crippen LogP contribution in [0.4, 0.5) is 0 Å². The van der Waals surface area contributed by atoms with E-state index in [2.05, 4.69) is 25.3 Å². The molecule has 0 spiro atoms. The molecule has 0 aliphatic rings. The van der Waals surface area contributed by atoms with E-state index < -0.39 is 0 Å². The number of fused-ring (bicyclic) bond motifs is 1. The molecule has 3 nitrogen and oxygen atoms in total. The first-order valence-corrected chi connectivity index (χ1v) is 7.32. The van der Waals surface area contributed by atoms with Gasteiger partial charge in [0.2, 0.25) is 0 Å². The Hall–Kier alpha value is -1.06. The lowest BCUT2D eigenvalue weighted by Gasteiger charge is -2.15. The fourth-order valence-corrected chi connectivity index (χ4v) is 2.71. The van der Waals surface area contributed by atoms with Crippen LogP contribution in [0.15, 0.2) is 18.2 Å². The molecule has 1 heterocycles. The number of nitrogens with two attached hydrogens (primary N) is 1. The van der Waals surface area contributed by atoms with E-state index in [0.717, 1.165) is 41.1 Å². The highest BCUT2D eigenvalue weighted by atomic mass is 35.5. The largest absolute Gasteiger partial charge is 0.327 e. The minimum absolute atomic E-state index is 0.176. The fourth-order valence-electron chi connectivity index (χ4n) is 2.54. The summed E-state index contributed by atoms with van der Waals surface area (Å²) in [5.74, 6) is 1.06. The monoisotopic (exact) mass is 279 g/mol. The highest BCUT2D eigenvalue weighted by Gasteiger charge is 2.15. The zero-order valence-electron chi connectivity index (χ0n) is 11.9. The number of imidazole rings is 1. The molecule has 0 bridgehead atoms. The number of halogens is 1. The first-order valence-electron chi connectivity index (χ1n) is 6.94. The van der Waals surface area contributed by atoms with Crippen molar-refractivity contribution in [3.63, 3.8) is 0 Å². The Kier molecular flexibility index (Phi) is 4.48. The Labute approximate surface area is 119 Å². The molecule has 1 atom stereocenters. The maximum absolute atomic E-state index is 6.16. The third-order valence-corrected chi connectivity index (χ3v) is 3.58. The van der Waals surface area contributed by atoms with E-state index >= 15 is 0 Å². The van der Waals surface area contributed by atoms with Crippen LogP contribution in [0.2, 0.25) is 5.02 Å². The lowest BCUT2D eigenvalue weighted by molar-refractivity contribution is 0.533. The molecule has 1 aromatic heterocycles. The molecule has 1 unspecified atom stereocenters. The van der Waals surface area contributed by atoms with Crippen LogP contribution in [0.1, 0.15) is 45.5 Å². The molecule has 0 saturated heterocycles. The first kappa shape index (κ1) is 14.4. The summed E-state index contributed by atoms with van der Waals surface area (Å²) >= 11 is 6.09. The average Bonchev–Trinajstić information content (AvgIpc) is 2.66. The second-order valence-corrected chi connectivity index (χ2v) is 5.81. The SMILES string of the molecule is CCCC(N)Cc1nc2ccc(Cl)cc2n1C(C)C. The van der Waals surface area contributed by atoms with Gasteiger partial charge < -0.3 is 10.3 Å². The number of benzene rings is 1. The third kappa shape index (κ3) is 3.10. The van der Waals surface area contributed by atoms with Crippen molar-refractivity contribution in [1.82, 2.24) is 9.55 Å². The van der Waals surface area contributed by atoms with Crippen molar-refractivity contribution < 1.29 is 0 Å². The average molecular weight is 280 g/mol. The Morgan fingerprint density at radius 2 is 2.11 bits per heavy atom. The molecule has 0 radical (unpaired) electrons. The molecule has 0 fully saturated rings. The quantitative estimate of drug-likeness (QED) is 0.901. The minimum Gasteiger partial charge on any atom is -0.327 e. The predicted octanol–water partition coefficient (Wildman–Crippen LogP) is 3.94. The Balaban J connectivity index is 2.45. The number of rotatable bonds is 5. The van der Waals surface area contributed by atoms with E-state index in [1.165, 1.54) is 0 Å². The molecule has 2 N–H and O–H groups in total. The van der Waals surface area contributed by atoms with E-state index in [1.54, 1.807) is 0 Å². The Morgan fingerprint density at radius 3 is 2.74 bits per heavy atom. The lowest BCUT2D eigenvalue weighted by Crippen LogP contribution is -2.24. The van der Waals surface area contributed by atoms with Crippen molar-refractivity contribution in [2.24, 2.45) is 5.73 Å². The molecule has 1 aromatic carbocycles. The fraction of sp³-hybridized carbons (Fsp3) is 0.533. The summed E-state index contributed by atoms with van der Waals surface area (Å²) in [6.07, 6.45) is 2.95. The van der Waals surface area contributed by atoms with Crippen LogP contribution in [0, 0.1) is 0 Å². The standard InChI is InChI=1S/C15H22ClN3/c1-4-5-12(17)9-15-18-13-7-6-11(16)8-14(13)19(15)10(2)3/h6-8,10,12H,4-5,9,17H2,1-3H3. The van der Waals surface area contributed by atoms with Gasteiger partial charge in [-0.05, 0) is 38.5 Å². The molecule has 0 saturated carbocycles. The van der Waals surface area contributed by atoms with Crippen molar-refractivity contribution >= 4 is 22.6 Å². The third-order valence-electron chi connectivity index (χ3n) is 3.35.